The molecule has 0 unspecified atom stereocenters. The number of halogens is 46. The van der Waals surface area contributed by atoms with E-state index < -0.39 is 180 Å². The Morgan fingerprint density at radius 2 is 0.384 bits per heavy atom. The highest BCUT2D eigenvalue weighted by molar-refractivity contribution is 5.54. The first kappa shape index (κ1) is 77.1. The third-order valence-electron chi connectivity index (χ3n) is 11.0. The number of nitrogens with zero attached hydrogens (tertiary/aromatic N) is 2. The van der Waals surface area contributed by atoms with Crippen LogP contribution in [0.3, 0.4) is 0 Å². The summed E-state index contributed by atoms with van der Waals surface area (Å²) in [6.45, 7) is -10.8. The van der Waals surface area contributed by atoms with E-state index in [0.717, 1.165) is 0 Å². The van der Waals surface area contributed by atoms with Gasteiger partial charge in [0.2, 0.25) is 0 Å². The third kappa shape index (κ3) is 10.6. The normalized spacial score (nSPS) is 16.3. The quantitative estimate of drug-likeness (QED) is 0.0836. The smallest absolute Gasteiger partial charge is 0.370 e. The largest absolute Gasteiger partial charge is 0.460 e. The highest BCUT2D eigenvalue weighted by atomic mass is 19.5. The van der Waals surface area contributed by atoms with E-state index >= 15 is 0 Å². The van der Waals surface area contributed by atoms with Crippen molar-refractivity contribution in [1.82, 2.24) is 9.97 Å². The molecule has 0 radical (unpaired) electrons. The Kier molecular flexibility index (Phi) is 19.1. The maximum atomic E-state index is 14.3. The number of rotatable bonds is 27. The average molecular weight is 1380 g/mol. The average Bonchev–Trinajstić information content (AvgIpc) is 0.709. The van der Waals surface area contributed by atoms with Crippen molar-refractivity contribution in [3.05, 3.63) is 47.8 Å². The van der Waals surface area contributed by atoms with E-state index in [0.29, 0.717) is 24.3 Å². The van der Waals surface area contributed by atoms with Crippen molar-refractivity contribution in [2.75, 3.05) is 13.2 Å². The molecule has 50 heteroatoms. The van der Waals surface area contributed by atoms with Gasteiger partial charge in [0, 0.05) is 12.4 Å². The minimum absolute atomic E-state index is 0.261. The molecule has 0 saturated heterocycles. The minimum atomic E-state index is -9.66. The molecule has 0 aromatic carbocycles. The molecule has 4 nitrogen and oxygen atoms in total. The van der Waals surface area contributed by atoms with Gasteiger partial charge in [-0.05, 0) is 23.3 Å². The molecular formula is C36H14F46N2O2. The molecule has 0 fully saturated rings. The fourth-order valence-corrected chi connectivity index (χ4v) is 5.67. The van der Waals surface area contributed by atoms with Gasteiger partial charge in [-0.3, -0.25) is 9.97 Å². The van der Waals surface area contributed by atoms with Gasteiger partial charge in [-0.2, -0.15) is 202 Å². The summed E-state index contributed by atoms with van der Waals surface area (Å²) in [5, 5.41) is 0. The molecular weight excluding hydrogens is 1370 g/mol. The summed E-state index contributed by atoms with van der Waals surface area (Å²) >= 11 is 0. The summed E-state index contributed by atoms with van der Waals surface area (Å²) < 4.78 is 635. The van der Waals surface area contributed by atoms with Crippen molar-refractivity contribution in [3.8, 4) is 11.4 Å². The molecule has 2 aromatic rings. The predicted molar refractivity (Wildman–Crippen MR) is 178 cm³/mol. The van der Waals surface area contributed by atoms with Gasteiger partial charge in [0.05, 0.1) is 24.6 Å². The van der Waals surface area contributed by atoms with E-state index in [4.69, 9.17) is 0 Å². The van der Waals surface area contributed by atoms with Crippen LogP contribution in [0.2, 0.25) is 0 Å². The Morgan fingerprint density at radius 1 is 0.221 bits per heavy atom. The van der Waals surface area contributed by atoms with Crippen LogP contribution in [0.1, 0.15) is 11.1 Å². The Bertz CT molecular complexity index is 2490. The molecule has 0 bridgehead atoms. The zero-order chi connectivity index (χ0) is 69.2. The second kappa shape index (κ2) is 21.3. The predicted octanol–water partition coefficient (Wildman–Crippen LogP) is 17.0. The highest BCUT2D eigenvalue weighted by Gasteiger charge is 3.01. The summed E-state index contributed by atoms with van der Waals surface area (Å²) in [4.78, 5) is 6.71. The maximum Gasteiger partial charge on any atom is 0.460 e. The SMILES string of the molecule is FC(F)(F)C(F)(F)C(F)(F)C(F)(F)C(F)(F)C(F)(F)C(F)(F)C(F)(F)C(F)(F)C(F)(F)C(F)(F)COCc1ccc(-c2ccc(COCC(F)(F)C(F)(F)C(F)(F)C(F)(F)C(F)(F)C(F)(F)C(F)(F)C(F)(F)C(F)(F)C(F)(F)C(F)(F)F)cn2)nc1. The van der Waals surface area contributed by atoms with Gasteiger partial charge in [-0.1, -0.05) is 12.1 Å². The molecule has 0 atom stereocenters. The topological polar surface area (TPSA) is 44.2 Å². The van der Waals surface area contributed by atoms with Crippen molar-refractivity contribution in [2.45, 2.75) is 144 Å². The summed E-state index contributed by atoms with van der Waals surface area (Å²) in [5.74, 6) is -181. The van der Waals surface area contributed by atoms with E-state index in [2.05, 4.69) is 19.4 Å². The Balaban J connectivity index is 2.30. The fourth-order valence-electron chi connectivity index (χ4n) is 5.67. The third-order valence-corrected chi connectivity index (χ3v) is 11.0. The van der Waals surface area contributed by atoms with Crippen molar-refractivity contribution in [1.29, 1.82) is 0 Å². The van der Waals surface area contributed by atoms with Crippen LogP contribution < -0.4 is 0 Å². The van der Waals surface area contributed by atoms with E-state index in [1.54, 1.807) is 0 Å². The number of pyridine rings is 2. The second-order valence-corrected chi connectivity index (χ2v) is 16.8. The lowest BCUT2D eigenvalue weighted by molar-refractivity contribution is -0.479. The van der Waals surface area contributed by atoms with Gasteiger partial charge < -0.3 is 9.47 Å². The lowest BCUT2D eigenvalue weighted by Gasteiger charge is -2.45. The van der Waals surface area contributed by atoms with E-state index in [1.165, 1.54) is 0 Å². The second-order valence-electron chi connectivity index (χ2n) is 16.8. The Hall–Kier alpha value is -5.00. The van der Waals surface area contributed by atoms with Crippen LogP contribution in [-0.4, -0.2) is 154 Å². The summed E-state index contributed by atoms with van der Waals surface area (Å²) in [6, 6.07) is 1.94. The molecule has 0 saturated carbocycles. The summed E-state index contributed by atoms with van der Waals surface area (Å²) in [6.07, 6.45) is -16.0. The van der Waals surface area contributed by atoms with Crippen LogP contribution >= 0.6 is 0 Å². The van der Waals surface area contributed by atoms with Crippen LogP contribution in [-0.2, 0) is 22.7 Å². The molecule has 502 valence electrons. The number of hydrogen-bond acceptors (Lipinski definition) is 4. The molecule has 2 heterocycles. The van der Waals surface area contributed by atoms with Gasteiger partial charge in [-0.15, -0.1) is 0 Å². The highest BCUT2D eigenvalue weighted by Crippen LogP contribution is 2.70. The van der Waals surface area contributed by atoms with Crippen molar-refractivity contribution >= 4 is 0 Å². The van der Waals surface area contributed by atoms with Crippen LogP contribution in [0.5, 0.6) is 0 Å². The Labute approximate surface area is 438 Å². The molecule has 0 spiro atoms. The van der Waals surface area contributed by atoms with Crippen LogP contribution in [0.25, 0.3) is 11.4 Å². The Morgan fingerprint density at radius 3 is 0.535 bits per heavy atom. The number of hydrogen-bond donors (Lipinski definition) is 0. The van der Waals surface area contributed by atoms with Crippen LogP contribution in [0, 0.1) is 0 Å². The number of ether oxygens (including phenoxy) is 2. The standard InChI is InChI=1S/C36H14F46N2O2/c37-15(38,17(41,42)19(45,46)21(49,50)23(53,54)25(57,58)27(61,62)29(65,66)31(69,70)33(73,74)35(77,78)79)9-85-7-11-1-3-13(83-5-11)14-4-2-12(6-84-14)8-86-10-16(39,40)18(43,44)20(47,48)22(51,52)24(55,56)26(59,60)28(63,64)30(67,68)32(71,72)34(75,76)36(80,81)82/h1-6H,7-10H2. The van der Waals surface area contributed by atoms with Gasteiger partial charge in [0.15, 0.2) is 0 Å². The monoisotopic (exact) mass is 1380 g/mol. The first-order valence-electron chi connectivity index (χ1n) is 19.9. The van der Waals surface area contributed by atoms with E-state index in [9.17, 15) is 202 Å². The van der Waals surface area contributed by atoms with E-state index in [-0.39, 0.29) is 12.4 Å². The lowest BCUT2D eigenvalue weighted by atomic mass is 9.85. The van der Waals surface area contributed by atoms with Gasteiger partial charge in [0.1, 0.15) is 13.2 Å². The van der Waals surface area contributed by atoms with Crippen molar-refractivity contribution in [3.63, 3.8) is 0 Å². The molecule has 0 amide bonds. The van der Waals surface area contributed by atoms with Crippen molar-refractivity contribution in [2.24, 2.45) is 0 Å². The first-order chi connectivity index (χ1) is 37.1. The van der Waals surface area contributed by atoms with Crippen LogP contribution in [0.4, 0.5) is 202 Å². The molecule has 2 aromatic heterocycles. The zero-order valence-corrected chi connectivity index (χ0v) is 38.4. The van der Waals surface area contributed by atoms with E-state index in [1.807, 2.05) is 0 Å². The van der Waals surface area contributed by atoms with Gasteiger partial charge in [-0.25, -0.2) is 0 Å². The molecule has 0 aliphatic heterocycles. The summed E-state index contributed by atoms with van der Waals surface area (Å²) in [7, 11) is 0. The fraction of sp³-hybridized carbons (Fsp3) is 0.722. The molecule has 86 heavy (non-hydrogen) atoms. The molecule has 0 aliphatic carbocycles. The molecule has 0 aliphatic rings. The first-order valence-corrected chi connectivity index (χ1v) is 19.9. The zero-order valence-electron chi connectivity index (χ0n) is 38.4. The minimum Gasteiger partial charge on any atom is -0.370 e. The van der Waals surface area contributed by atoms with Gasteiger partial charge >= 0.3 is 131 Å². The van der Waals surface area contributed by atoms with Crippen LogP contribution in [0.15, 0.2) is 36.7 Å². The van der Waals surface area contributed by atoms with Crippen molar-refractivity contribution < 1.29 is 211 Å². The number of alkyl halides is 46. The molecule has 0 N–H and O–H groups in total. The number of aromatic nitrogens is 2. The molecule has 2 rings (SSSR count). The van der Waals surface area contributed by atoms with Gasteiger partial charge in [0.25, 0.3) is 0 Å². The maximum absolute atomic E-state index is 14.3. The lowest BCUT2D eigenvalue weighted by Crippen LogP contribution is -2.77. The summed E-state index contributed by atoms with van der Waals surface area (Å²) in [5.41, 5.74) is -3.03.